The van der Waals surface area contributed by atoms with Crippen molar-refractivity contribution in [2.75, 3.05) is 5.32 Å². The van der Waals surface area contributed by atoms with Gasteiger partial charge in [0.1, 0.15) is 11.6 Å². The minimum atomic E-state index is 0. The maximum Gasteiger partial charge on any atom is 0.127 e. The third kappa shape index (κ3) is 3.80. The number of aryl methyl sites for hydroxylation is 2. The minimum Gasteiger partial charge on any atom is -0.577 e. The van der Waals surface area contributed by atoms with Crippen molar-refractivity contribution in [2.45, 2.75) is 20.8 Å². The molecule has 0 saturated carbocycles. The summed E-state index contributed by atoms with van der Waals surface area (Å²) >= 11 is 0. The van der Waals surface area contributed by atoms with Crippen LogP contribution in [0.2, 0.25) is 0 Å². The second-order valence-corrected chi connectivity index (χ2v) is 2.97. The predicted molar refractivity (Wildman–Crippen MR) is 56.2 cm³/mol. The van der Waals surface area contributed by atoms with Gasteiger partial charge in [-0.1, -0.05) is 0 Å². The Morgan fingerprint density at radius 1 is 1.27 bits per heavy atom. The zero-order valence-electron chi connectivity index (χ0n) is 9.07. The molecule has 1 heterocycles. The molecule has 0 amide bonds. The third-order valence-electron chi connectivity index (χ3n) is 1.89. The van der Waals surface area contributed by atoms with Gasteiger partial charge in [0.2, 0.25) is 0 Å². The minimum absolute atomic E-state index is 0. The summed E-state index contributed by atoms with van der Waals surface area (Å²) in [7, 11) is 0. The SMILES string of the molecule is [CH-]=NC(=[CH-])Nc1nc(C)nc(C)c1C.[Y]. The number of nitrogens with one attached hydrogen (secondary N) is 1. The fourth-order valence-corrected chi connectivity index (χ4v) is 1.04. The van der Waals surface area contributed by atoms with Crippen molar-refractivity contribution < 1.29 is 32.7 Å². The molecule has 1 N–H and O–H groups in total. The number of anilines is 1. The van der Waals surface area contributed by atoms with E-state index in [9.17, 15) is 0 Å². The van der Waals surface area contributed by atoms with Gasteiger partial charge in [-0.25, -0.2) is 15.8 Å². The van der Waals surface area contributed by atoms with Crippen LogP contribution in [0.15, 0.2) is 10.8 Å². The molecular weight excluding hydrogens is 265 g/mol. The molecule has 0 spiro atoms. The molecule has 0 saturated heterocycles. The Labute approximate surface area is 115 Å². The fraction of sp³-hybridized carbons (Fsp3) is 0.300. The van der Waals surface area contributed by atoms with Crippen molar-refractivity contribution in [1.82, 2.24) is 9.97 Å². The Morgan fingerprint density at radius 3 is 2.40 bits per heavy atom. The van der Waals surface area contributed by atoms with Crippen LogP contribution in [0.5, 0.6) is 0 Å². The second kappa shape index (κ2) is 6.08. The molecule has 0 bridgehead atoms. The van der Waals surface area contributed by atoms with Crippen molar-refractivity contribution >= 4 is 12.5 Å². The van der Waals surface area contributed by atoms with E-state index < -0.39 is 0 Å². The summed E-state index contributed by atoms with van der Waals surface area (Å²) in [6.07, 6.45) is 0. The van der Waals surface area contributed by atoms with E-state index >= 15 is 0 Å². The van der Waals surface area contributed by atoms with E-state index in [2.05, 4.69) is 20.3 Å². The Morgan fingerprint density at radius 2 is 1.87 bits per heavy atom. The molecule has 1 aromatic heterocycles. The molecule has 77 valence electrons. The van der Waals surface area contributed by atoms with Crippen LogP contribution in [0.4, 0.5) is 5.82 Å². The first-order chi connectivity index (χ1) is 6.54. The molecule has 1 radical (unpaired) electrons. The molecule has 0 aliphatic rings. The predicted octanol–water partition coefficient (Wildman–Crippen LogP) is 1.66. The van der Waals surface area contributed by atoms with Crippen molar-refractivity contribution in [3.05, 3.63) is 29.5 Å². The smallest absolute Gasteiger partial charge is 0.127 e. The Kier molecular flexibility index (Phi) is 5.84. The Bertz CT molecular complexity index is 387. The summed E-state index contributed by atoms with van der Waals surface area (Å²) in [6, 6.07) is 0. The third-order valence-corrected chi connectivity index (χ3v) is 1.89. The zero-order valence-corrected chi connectivity index (χ0v) is 11.9. The van der Waals surface area contributed by atoms with E-state index in [4.69, 9.17) is 13.3 Å². The Balaban J connectivity index is 0.00000196. The summed E-state index contributed by atoms with van der Waals surface area (Å²) in [5.41, 5.74) is 1.84. The number of hydrogen-bond acceptors (Lipinski definition) is 4. The van der Waals surface area contributed by atoms with E-state index in [1.165, 1.54) is 0 Å². The zero-order chi connectivity index (χ0) is 10.7. The van der Waals surface area contributed by atoms with Crippen LogP contribution in [0.3, 0.4) is 0 Å². The van der Waals surface area contributed by atoms with Gasteiger partial charge in [0.15, 0.2) is 0 Å². The van der Waals surface area contributed by atoms with Crippen LogP contribution in [0.1, 0.15) is 17.1 Å². The number of hydrogen-bond donors (Lipinski definition) is 1. The molecule has 0 aliphatic heterocycles. The van der Waals surface area contributed by atoms with Crippen LogP contribution in [-0.2, 0) is 32.7 Å². The summed E-state index contributed by atoms with van der Waals surface area (Å²) in [6.45, 7) is 16.1. The summed E-state index contributed by atoms with van der Waals surface area (Å²) in [5.74, 6) is 1.45. The molecule has 0 unspecified atom stereocenters. The number of aromatic nitrogens is 2. The van der Waals surface area contributed by atoms with E-state index in [1.807, 2.05) is 20.8 Å². The van der Waals surface area contributed by atoms with Gasteiger partial charge in [-0.3, -0.25) is 0 Å². The average molecular weight is 277 g/mol. The molecule has 1 aromatic rings. The molecule has 0 fully saturated rings. The summed E-state index contributed by atoms with van der Waals surface area (Å²) in [4.78, 5) is 11.7. The molecule has 1 rings (SSSR count). The molecular formula is C10H12N4Y-2. The standard InChI is InChI=1S/C10H12N4.Y/c1-6-7(2)12-9(4)14-10(6)13-8(3)11-5;/h3,5H,1-2,4H3,(H,12,13,14);/q-2;. The average Bonchev–Trinajstić information content (AvgIpc) is 2.13. The van der Waals surface area contributed by atoms with Crippen molar-refractivity contribution in [3.8, 4) is 0 Å². The van der Waals surface area contributed by atoms with E-state index in [0.717, 1.165) is 11.3 Å². The molecule has 15 heavy (non-hydrogen) atoms. The van der Waals surface area contributed by atoms with Gasteiger partial charge in [0.25, 0.3) is 0 Å². The summed E-state index contributed by atoms with van der Waals surface area (Å²) in [5, 5.41) is 2.79. The molecule has 4 nitrogen and oxygen atoms in total. The number of rotatable bonds is 3. The van der Waals surface area contributed by atoms with Crippen LogP contribution in [-0.4, -0.2) is 16.7 Å². The maximum atomic E-state index is 5.43. The van der Waals surface area contributed by atoms with Crippen LogP contribution in [0.25, 0.3) is 0 Å². The largest absolute Gasteiger partial charge is 0.577 e. The van der Waals surface area contributed by atoms with Crippen molar-refractivity contribution in [2.24, 2.45) is 4.99 Å². The molecule has 5 heteroatoms. The van der Waals surface area contributed by atoms with Gasteiger partial charge < -0.3 is 16.9 Å². The van der Waals surface area contributed by atoms with E-state index in [-0.39, 0.29) is 38.5 Å². The van der Waals surface area contributed by atoms with Gasteiger partial charge in [0.05, 0.1) is 0 Å². The van der Waals surface area contributed by atoms with E-state index in [1.54, 1.807) is 0 Å². The Hall–Kier alpha value is -0.606. The topological polar surface area (TPSA) is 50.2 Å². The normalized spacial score (nSPS) is 9.00. The van der Waals surface area contributed by atoms with E-state index in [0.29, 0.717) is 11.6 Å². The number of nitrogens with zero attached hydrogens (tertiary/aromatic N) is 3. The first-order valence-corrected chi connectivity index (χ1v) is 4.16. The van der Waals surface area contributed by atoms with Gasteiger partial charge in [0, 0.05) is 44.0 Å². The maximum absolute atomic E-state index is 5.43. The fourth-order valence-electron chi connectivity index (χ4n) is 1.04. The van der Waals surface area contributed by atoms with Gasteiger partial charge >= 0.3 is 0 Å². The molecule has 0 aliphatic carbocycles. The number of aliphatic imine (C=N–C) groups is 1. The first-order valence-electron chi connectivity index (χ1n) is 4.16. The quantitative estimate of drug-likeness (QED) is 0.675. The monoisotopic (exact) mass is 277 g/mol. The van der Waals surface area contributed by atoms with Crippen LogP contribution >= 0.6 is 0 Å². The van der Waals surface area contributed by atoms with Gasteiger partial charge in [-0.05, 0) is 20.8 Å². The van der Waals surface area contributed by atoms with Crippen LogP contribution in [0, 0.1) is 27.4 Å². The summed E-state index contributed by atoms with van der Waals surface area (Å²) < 4.78 is 0. The molecule has 0 atom stereocenters. The van der Waals surface area contributed by atoms with Crippen molar-refractivity contribution in [3.63, 3.8) is 0 Å². The molecule has 0 aromatic carbocycles. The van der Waals surface area contributed by atoms with Crippen LogP contribution < -0.4 is 5.32 Å². The van der Waals surface area contributed by atoms with Gasteiger partial charge in [-0.15, -0.1) is 0 Å². The first kappa shape index (κ1) is 14.4. The van der Waals surface area contributed by atoms with Gasteiger partial charge in [-0.2, -0.15) is 6.72 Å². The second-order valence-electron chi connectivity index (χ2n) is 2.97. The van der Waals surface area contributed by atoms with Crippen molar-refractivity contribution in [1.29, 1.82) is 0 Å².